The van der Waals surface area contributed by atoms with E-state index in [9.17, 15) is 0 Å². The molecule has 1 unspecified atom stereocenters. The molecule has 0 spiro atoms. The lowest BCUT2D eigenvalue weighted by atomic mass is 10.1. The summed E-state index contributed by atoms with van der Waals surface area (Å²) < 4.78 is 0.902. The molecule has 1 aromatic heterocycles. The van der Waals surface area contributed by atoms with Gasteiger partial charge in [0.25, 0.3) is 0 Å². The van der Waals surface area contributed by atoms with E-state index in [1.807, 2.05) is 12.3 Å². The van der Waals surface area contributed by atoms with E-state index in [1.165, 1.54) is 31.6 Å². The molecule has 1 N–H and O–H groups in total. The summed E-state index contributed by atoms with van der Waals surface area (Å²) in [5, 5.41) is 3.40. The van der Waals surface area contributed by atoms with Gasteiger partial charge in [0.2, 0.25) is 0 Å². The minimum Gasteiger partial charge on any atom is -0.316 e. The number of nitrogens with one attached hydrogen (secondary N) is 1. The largest absolute Gasteiger partial charge is 0.316 e. The van der Waals surface area contributed by atoms with Gasteiger partial charge >= 0.3 is 0 Å². The Hall–Kier alpha value is -0.450. The zero-order valence-electron chi connectivity index (χ0n) is 9.62. The van der Waals surface area contributed by atoms with Crippen LogP contribution < -0.4 is 5.32 Å². The van der Waals surface area contributed by atoms with Crippen LogP contribution in [-0.2, 0) is 6.54 Å². The molecule has 3 nitrogen and oxygen atoms in total. The third-order valence-electron chi connectivity index (χ3n) is 2.97. The smallest absolute Gasteiger partial charge is 0.106 e. The lowest BCUT2D eigenvalue weighted by Crippen LogP contribution is -2.26. The summed E-state index contributed by atoms with van der Waals surface area (Å²) in [6, 6.07) is 4.13. The van der Waals surface area contributed by atoms with Crippen molar-refractivity contribution in [3.8, 4) is 0 Å². The van der Waals surface area contributed by atoms with Gasteiger partial charge in [-0.05, 0) is 60.0 Å². The van der Waals surface area contributed by atoms with Gasteiger partial charge < -0.3 is 10.2 Å². The zero-order valence-corrected chi connectivity index (χ0v) is 11.2. The Labute approximate surface area is 105 Å². The van der Waals surface area contributed by atoms with Crippen molar-refractivity contribution in [3.05, 3.63) is 28.5 Å². The summed E-state index contributed by atoms with van der Waals surface area (Å²) in [4.78, 5) is 6.62. The summed E-state index contributed by atoms with van der Waals surface area (Å²) in [6.45, 7) is 4.50. The van der Waals surface area contributed by atoms with Gasteiger partial charge in [0.1, 0.15) is 4.60 Å². The molecule has 4 heteroatoms. The standard InChI is InChI=1S/C12H18BrN3/c1-16(9-11-4-5-14-6-11)8-10-2-3-12(13)15-7-10/h2-3,7,11,14H,4-6,8-9H2,1H3. The molecule has 1 saturated heterocycles. The summed E-state index contributed by atoms with van der Waals surface area (Å²) in [5.74, 6) is 0.813. The van der Waals surface area contributed by atoms with E-state index in [0.717, 1.165) is 17.1 Å². The molecule has 88 valence electrons. The molecule has 16 heavy (non-hydrogen) atoms. The molecule has 1 aliphatic heterocycles. The fourth-order valence-electron chi connectivity index (χ4n) is 2.19. The van der Waals surface area contributed by atoms with Crippen LogP contribution in [-0.4, -0.2) is 36.6 Å². The van der Waals surface area contributed by atoms with Crippen molar-refractivity contribution in [2.75, 3.05) is 26.7 Å². The van der Waals surface area contributed by atoms with Crippen molar-refractivity contribution in [1.82, 2.24) is 15.2 Å². The molecular weight excluding hydrogens is 266 g/mol. The number of aromatic nitrogens is 1. The fourth-order valence-corrected chi connectivity index (χ4v) is 2.42. The summed E-state index contributed by atoms with van der Waals surface area (Å²) >= 11 is 3.35. The Bertz CT molecular complexity index is 320. The minimum atomic E-state index is 0.813. The molecular formula is C12H18BrN3. The monoisotopic (exact) mass is 283 g/mol. The van der Waals surface area contributed by atoms with E-state index in [0.29, 0.717) is 0 Å². The first kappa shape index (κ1) is 12.0. The van der Waals surface area contributed by atoms with E-state index in [4.69, 9.17) is 0 Å². The average molecular weight is 284 g/mol. The van der Waals surface area contributed by atoms with Crippen LogP contribution in [0.1, 0.15) is 12.0 Å². The van der Waals surface area contributed by atoms with E-state index in [1.54, 1.807) is 0 Å². The van der Waals surface area contributed by atoms with Gasteiger partial charge in [-0.3, -0.25) is 0 Å². The SMILES string of the molecule is CN(Cc1ccc(Br)nc1)CC1CCNC1. The topological polar surface area (TPSA) is 28.2 Å². The highest BCUT2D eigenvalue weighted by Crippen LogP contribution is 2.12. The van der Waals surface area contributed by atoms with E-state index in [2.05, 4.69) is 44.2 Å². The van der Waals surface area contributed by atoms with Crippen LogP contribution >= 0.6 is 15.9 Å². The second-order valence-electron chi connectivity index (χ2n) is 4.54. The molecule has 1 atom stereocenters. The summed E-state index contributed by atoms with van der Waals surface area (Å²) in [7, 11) is 2.18. The van der Waals surface area contributed by atoms with E-state index in [-0.39, 0.29) is 0 Å². The highest BCUT2D eigenvalue weighted by molar-refractivity contribution is 9.10. The molecule has 2 rings (SSSR count). The quantitative estimate of drug-likeness (QED) is 0.856. The Morgan fingerprint density at radius 1 is 1.56 bits per heavy atom. The molecule has 1 aliphatic rings. The molecule has 0 bridgehead atoms. The van der Waals surface area contributed by atoms with Crippen molar-refractivity contribution in [1.29, 1.82) is 0 Å². The predicted molar refractivity (Wildman–Crippen MR) is 69.2 cm³/mol. The van der Waals surface area contributed by atoms with Crippen LogP contribution in [0.2, 0.25) is 0 Å². The molecule has 0 radical (unpaired) electrons. The lowest BCUT2D eigenvalue weighted by molar-refractivity contribution is 0.278. The number of rotatable bonds is 4. The van der Waals surface area contributed by atoms with Crippen molar-refractivity contribution >= 4 is 15.9 Å². The predicted octanol–water partition coefficient (Wildman–Crippen LogP) is 1.89. The first-order valence-electron chi connectivity index (χ1n) is 5.74. The number of nitrogens with zero attached hydrogens (tertiary/aromatic N) is 2. The van der Waals surface area contributed by atoms with Crippen LogP contribution in [0.25, 0.3) is 0 Å². The average Bonchev–Trinajstić information content (AvgIpc) is 2.74. The van der Waals surface area contributed by atoms with E-state index >= 15 is 0 Å². The minimum absolute atomic E-state index is 0.813. The second-order valence-corrected chi connectivity index (χ2v) is 5.36. The third kappa shape index (κ3) is 3.54. The van der Waals surface area contributed by atoms with Gasteiger partial charge in [-0.25, -0.2) is 4.98 Å². The highest BCUT2D eigenvalue weighted by atomic mass is 79.9. The van der Waals surface area contributed by atoms with Crippen LogP contribution in [0.15, 0.2) is 22.9 Å². The molecule has 0 aromatic carbocycles. The molecule has 2 heterocycles. The van der Waals surface area contributed by atoms with Crippen LogP contribution in [0.5, 0.6) is 0 Å². The Balaban J connectivity index is 1.81. The summed E-state index contributed by atoms with van der Waals surface area (Å²) in [5.41, 5.74) is 1.27. The normalized spacial score (nSPS) is 20.6. The number of hydrogen-bond donors (Lipinski definition) is 1. The lowest BCUT2D eigenvalue weighted by Gasteiger charge is -2.20. The van der Waals surface area contributed by atoms with Gasteiger partial charge in [-0.15, -0.1) is 0 Å². The first-order valence-corrected chi connectivity index (χ1v) is 6.53. The maximum atomic E-state index is 4.24. The third-order valence-corrected chi connectivity index (χ3v) is 3.44. The molecule has 0 aliphatic carbocycles. The van der Waals surface area contributed by atoms with Crippen molar-refractivity contribution in [3.63, 3.8) is 0 Å². The molecule has 1 fully saturated rings. The molecule has 0 amide bonds. The van der Waals surface area contributed by atoms with Gasteiger partial charge in [0, 0.05) is 19.3 Å². The number of halogens is 1. The van der Waals surface area contributed by atoms with Gasteiger partial charge in [-0.2, -0.15) is 0 Å². The number of pyridine rings is 1. The highest BCUT2D eigenvalue weighted by Gasteiger charge is 2.16. The number of hydrogen-bond acceptors (Lipinski definition) is 3. The van der Waals surface area contributed by atoms with Crippen LogP contribution in [0, 0.1) is 5.92 Å². The zero-order chi connectivity index (χ0) is 11.4. The second kappa shape index (κ2) is 5.75. The molecule has 1 aromatic rings. The Morgan fingerprint density at radius 3 is 3.06 bits per heavy atom. The van der Waals surface area contributed by atoms with Crippen molar-refractivity contribution < 1.29 is 0 Å². The first-order chi connectivity index (χ1) is 7.74. The van der Waals surface area contributed by atoms with Crippen molar-refractivity contribution in [2.24, 2.45) is 5.92 Å². The van der Waals surface area contributed by atoms with Gasteiger partial charge in [0.15, 0.2) is 0 Å². The van der Waals surface area contributed by atoms with Gasteiger partial charge in [0.05, 0.1) is 0 Å². The van der Waals surface area contributed by atoms with E-state index < -0.39 is 0 Å². The summed E-state index contributed by atoms with van der Waals surface area (Å²) in [6.07, 6.45) is 3.25. The van der Waals surface area contributed by atoms with Crippen LogP contribution in [0.4, 0.5) is 0 Å². The molecule has 0 saturated carbocycles. The fraction of sp³-hybridized carbons (Fsp3) is 0.583. The Morgan fingerprint density at radius 2 is 2.44 bits per heavy atom. The Kier molecular flexibility index (Phi) is 4.32. The maximum absolute atomic E-state index is 4.24. The maximum Gasteiger partial charge on any atom is 0.106 e. The van der Waals surface area contributed by atoms with Gasteiger partial charge in [-0.1, -0.05) is 6.07 Å². The van der Waals surface area contributed by atoms with Crippen molar-refractivity contribution in [2.45, 2.75) is 13.0 Å². The van der Waals surface area contributed by atoms with Crippen LogP contribution in [0.3, 0.4) is 0 Å².